The Morgan fingerprint density at radius 1 is 1.56 bits per heavy atom. The summed E-state index contributed by atoms with van der Waals surface area (Å²) in [6.07, 6.45) is 1.69. The first kappa shape index (κ1) is 12.9. The van der Waals surface area contributed by atoms with Crippen LogP contribution < -0.4 is 0 Å². The van der Waals surface area contributed by atoms with Crippen molar-refractivity contribution in [1.82, 2.24) is 0 Å². The summed E-state index contributed by atoms with van der Waals surface area (Å²) in [4.78, 5) is 11.2. The third kappa shape index (κ3) is 3.47. The zero-order valence-electron chi connectivity index (χ0n) is 9.03. The standard InChI is InChI=1S/C12H13BrO3/c1-3-6-16-8-10-5-4-9(7-11(10)13)12(14)15-2/h3-5,7H,1,6,8H2,2H3. The summed E-state index contributed by atoms with van der Waals surface area (Å²) in [5, 5.41) is 0. The number of benzene rings is 1. The monoisotopic (exact) mass is 284 g/mol. The van der Waals surface area contributed by atoms with Crippen molar-refractivity contribution in [2.75, 3.05) is 13.7 Å². The Labute approximate surface area is 103 Å². The van der Waals surface area contributed by atoms with Gasteiger partial charge in [0.05, 0.1) is 25.9 Å². The SMILES string of the molecule is C=CCOCc1ccc(C(=O)OC)cc1Br. The molecule has 1 aromatic rings. The van der Waals surface area contributed by atoms with Crippen LogP contribution >= 0.6 is 15.9 Å². The lowest BCUT2D eigenvalue weighted by Crippen LogP contribution is -2.02. The fourth-order valence-electron chi connectivity index (χ4n) is 1.16. The molecule has 0 unspecified atom stereocenters. The van der Waals surface area contributed by atoms with Gasteiger partial charge in [-0.15, -0.1) is 6.58 Å². The number of carbonyl (C=O) groups is 1. The van der Waals surface area contributed by atoms with Crippen LogP contribution in [0.3, 0.4) is 0 Å². The smallest absolute Gasteiger partial charge is 0.337 e. The van der Waals surface area contributed by atoms with Gasteiger partial charge in [0, 0.05) is 4.47 Å². The third-order valence-corrected chi connectivity index (χ3v) is 2.71. The Balaban J connectivity index is 2.75. The van der Waals surface area contributed by atoms with Crippen LogP contribution in [0.1, 0.15) is 15.9 Å². The summed E-state index contributed by atoms with van der Waals surface area (Å²) < 4.78 is 10.8. The summed E-state index contributed by atoms with van der Waals surface area (Å²) in [6.45, 7) is 4.55. The lowest BCUT2D eigenvalue weighted by atomic mass is 10.1. The normalized spacial score (nSPS) is 9.88. The first-order valence-electron chi connectivity index (χ1n) is 4.74. The Bertz CT molecular complexity index is 388. The minimum absolute atomic E-state index is 0.348. The molecule has 3 nitrogen and oxygen atoms in total. The fourth-order valence-corrected chi connectivity index (χ4v) is 1.65. The van der Waals surface area contributed by atoms with Crippen LogP contribution in [0.15, 0.2) is 35.3 Å². The summed E-state index contributed by atoms with van der Waals surface area (Å²) in [5.74, 6) is -0.348. The van der Waals surface area contributed by atoms with E-state index in [1.54, 1.807) is 18.2 Å². The largest absolute Gasteiger partial charge is 0.465 e. The van der Waals surface area contributed by atoms with Crippen molar-refractivity contribution in [2.45, 2.75) is 6.61 Å². The third-order valence-electron chi connectivity index (χ3n) is 1.97. The van der Waals surface area contributed by atoms with Crippen molar-refractivity contribution in [2.24, 2.45) is 0 Å². The number of hydrogen-bond acceptors (Lipinski definition) is 3. The molecule has 0 aromatic heterocycles. The molecule has 0 atom stereocenters. The maximum absolute atomic E-state index is 11.2. The van der Waals surface area contributed by atoms with Crippen molar-refractivity contribution in [3.8, 4) is 0 Å². The van der Waals surface area contributed by atoms with Crippen LogP contribution in [0.25, 0.3) is 0 Å². The van der Waals surface area contributed by atoms with Crippen LogP contribution in [0.2, 0.25) is 0 Å². The highest BCUT2D eigenvalue weighted by molar-refractivity contribution is 9.10. The van der Waals surface area contributed by atoms with Gasteiger partial charge in [-0.3, -0.25) is 0 Å². The summed E-state index contributed by atoms with van der Waals surface area (Å²) in [6, 6.07) is 5.26. The van der Waals surface area contributed by atoms with E-state index >= 15 is 0 Å². The van der Waals surface area contributed by atoms with Crippen LogP contribution in [-0.4, -0.2) is 19.7 Å². The predicted molar refractivity (Wildman–Crippen MR) is 65.3 cm³/mol. The highest BCUT2D eigenvalue weighted by atomic mass is 79.9. The van der Waals surface area contributed by atoms with Gasteiger partial charge in [0.1, 0.15) is 0 Å². The lowest BCUT2D eigenvalue weighted by Gasteiger charge is -2.06. The maximum Gasteiger partial charge on any atom is 0.337 e. The molecule has 4 heteroatoms. The summed E-state index contributed by atoms with van der Waals surface area (Å²) in [7, 11) is 1.36. The second-order valence-corrected chi connectivity index (χ2v) is 3.96. The van der Waals surface area contributed by atoms with Gasteiger partial charge < -0.3 is 9.47 Å². The predicted octanol–water partition coefficient (Wildman–Crippen LogP) is 2.94. The van der Waals surface area contributed by atoms with Gasteiger partial charge >= 0.3 is 5.97 Å². The zero-order chi connectivity index (χ0) is 12.0. The second kappa shape index (κ2) is 6.45. The van der Waals surface area contributed by atoms with E-state index in [-0.39, 0.29) is 5.97 Å². The Hall–Kier alpha value is -1.13. The number of methoxy groups -OCH3 is 1. The van der Waals surface area contributed by atoms with Crippen LogP contribution in [-0.2, 0) is 16.1 Å². The summed E-state index contributed by atoms with van der Waals surface area (Å²) in [5.41, 5.74) is 1.50. The molecule has 1 rings (SSSR count). The highest BCUT2D eigenvalue weighted by Crippen LogP contribution is 2.20. The van der Waals surface area contributed by atoms with Crippen molar-refractivity contribution in [1.29, 1.82) is 0 Å². The second-order valence-electron chi connectivity index (χ2n) is 3.10. The van der Waals surface area contributed by atoms with Gasteiger partial charge in [0.25, 0.3) is 0 Å². The maximum atomic E-state index is 11.2. The van der Waals surface area contributed by atoms with Gasteiger partial charge in [0.15, 0.2) is 0 Å². The molecule has 16 heavy (non-hydrogen) atoms. The van der Waals surface area contributed by atoms with Gasteiger partial charge in [-0.2, -0.15) is 0 Å². The number of rotatable bonds is 5. The van der Waals surface area contributed by atoms with Crippen molar-refractivity contribution in [3.63, 3.8) is 0 Å². The molecule has 0 bridgehead atoms. The van der Waals surface area contributed by atoms with Gasteiger partial charge in [-0.1, -0.05) is 28.1 Å². The van der Waals surface area contributed by atoms with Crippen molar-refractivity contribution >= 4 is 21.9 Å². The molecule has 0 N–H and O–H groups in total. The molecule has 1 aromatic carbocycles. The molecular formula is C12H13BrO3. The Kier molecular flexibility index (Phi) is 5.22. The molecule has 0 amide bonds. The van der Waals surface area contributed by atoms with Gasteiger partial charge in [0.2, 0.25) is 0 Å². The molecule has 0 radical (unpaired) electrons. The van der Waals surface area contributed by atoms with Crippen LogP contribution in [0.5, 0.6) is 0 Å². The minimum Gasteiger partial charge on any atom is -0.465 e. The number of esters is 1. The Morgan fingerprint density at radius 3 is 2.88 bits per heavy atom. The first-order chi connectivity index (χ1) is 7.69. The van der Waals surface area contributed by atoms with Crippen LogP contribution in [0, 0.1) is 0 Å². The average molecular weight is 285 g/mol. The fraction of sp³-hybridized carbons (Fsp3) is 0.250. The molecule has 0 heterocycles. The molecule has 0 aliphatic rings. The van der Waals surface area contributed by atoms with Gasteiger partial charge in [-0.05, 0) is 17.7 Å². The van der Waals surface area contributed by atoms with E-state index in [0.29, 0.717) is 18.8 Å². The molecule has 0 fully saturated rings. The number of hydrogen-bond donors (Lipinski definition) is 0. The van der Waals surface area contributed by atoms with E-state index in [0.717, 1.165) is 10.0 Å². The van der Waals surface area contributed by atoms with E-state index in [2.05, 4.69) is 27.2 Å². The number of halogens is 1. The average Bonchev–Trinajstić information content (AvgIpc) is 2.30. The minimum atomic E-state index is -0.348. The van der Waals surface area contributed by atoms with E-state index in [1.165, 1.54) is 7.11 Å². The van der Waals surface area contributed by atoms with E-state index in [1.807, 2.05) is 6.07 Å². The van der Waals surface area contributed by atoms with Crippen molar-refractivity contribution in [3.05, 3.63) is 46.5 Å². The van der Waals surface area contributed by atoms with E-state index in [4.69, 9.17) is 4.74 Å². The first-order valence-corrected chi connectivity index (χ1v) is 5.53. The molecule has 0 spiro atoms. The molecule has 0 saturated heterocycles. The summed E-state index contributed by atoms with van der Waals surface area (Å²) >= 11 is 3.38. The van der Waals surface area contributed by atoms with Crippen LogP contribution in [0.4, 0.5) is 0 Å². The molecule has 0 aliphatic carbocycles. The van der Waals surface area contributed by atoms with Gasteiger partial charge in [-0.25, -0.2) is 4.79 Å². The molecule has 0 aliphatic heterocycles. The Morgan fingerprint density at radius 2 is 2.31 bits per heavy atom. The number of ether oxygens (including phenoxy) is 2. The topological polar surface area (TPSA) is 35.5 Å². The zero-order valence-corrected chi connectivity index (χ0v) is 10.6. The molecule has 86 valence electrons. The molecule has 0 saturated carbocycles. The van der Waals surface area contributed by atoms with E-state index in [9.17, 15) is 4.79 Å². The van der Waals surface area contributed by atoms with E-state index < -0.39 is 0 Å². The van der Waals surface area contributed by atoms with Crippen molar-refractivity contribution < 1.29 is 14.3 Å². The highest BCUT2D eigenvalue weighted by Gasteiger charge is 2.08. The number of carbonyl (C=O) groups excluding carboxylic acids is 1. The quantitative estimate of drug-likeness (QED) is 0.474. The lowest BCUT2D eigenvalue weighted by molar-refractivity contribution is 0.0600. The molecular weight excluding hydrogens is 272 g/mol.